The number of likely N-dealkylation sites (N-methyl/N-ethyl adjacent to an activating group) is 1. The van der Waals surface area contributed by atoms with E-state index in [0.717, 1.165) is 49.1 Å². The van der Waals surface area contributed by atoms with Gasteiger partial charge >= 0.3 is 0 Å². The minimum Gasteiger partial charge on any atom is -0.340 e. The van der Waals surface area contributed by atoms with Crippen molar-refractivity contribution in [3.63, 3.8) is 0 Å². The Balaban J connectivity index is 0.000000175. The monoisotopic (exact) mass is 813 g/mol. The Morgan fingerprint density at radius 3 is 1.98 bits per heavy atom. The fourth-order valence-electron chi connectivity index (χ4n) is 7.52. The van der Waals surface area contributed by atoms with E-state index in [9.17, 15) is 0 Å². The number of para-hydroxylation sites is 1. The molecule has 1 fully saturated rings. The first-order chi connectivity index (χ1) is 26.7. The highest BCUT2D eigenvalue weighted by atomic mass is 35.5. The van der Waals surface area contributed by atoms with E-state index in [1.807, 2.05) is 35.7 Å². The zero-order chi connectivity index (χ0) is 38.9. The largest absolute Gasteiger partial charge is 0.340 e. The Morgan fingerprint density at radius 1 is 0.655 bits per heavy atom. The molecule has 8 rings (SSSR count). The minimum atomic E-state index is 0.699. The van der Waals surface area contributed by atoms with E-state index in [2.05, 4.69) is 151 Å². The molecule has 55 heavy (non-hydrogen) atoms. The van der Waals surface area contributed by atoms with Gasteiger partial charge in [0.2, 0.25) is 0 Å². The first-order valence-electron chi connectivity index (χ1n) is 19.8. The topological polar surface area (TPSA) is 16.2 Å². The summed E-state index contributed by atoms with van der Waals surface area (Å²) in [6.45, 7) is 10.9. The second kappa shape index (κ2) is 20.0. The zero-order valence-corrected chi connectivity index (χ0v) is 36.5. The lowest BCUT2D eigenvalue weighted by molar-refractivity contribution is 0.133. The van der Waals surface area contributed by atoms with Gasteiger partial charge in [0.1, 0.15) is 0 Å². The van der Waals surface area contributed by atoms with Gasteiger partial charge in [-0.05, 0) is 139 Å². The van der Waals surface area contributed by atoms with Gasteiger partial charge < -0.3 is 24.5 Å². The molecule has 0 amide bonds. The van der Waals surface area contributed by atoms with Crippen LogP contribution in [0.1, 0.15) is 46.0 Å². The molecule has 5 nitrogen and oxygen atoms in total. The molecule has 5 aromatic carbocycles. The minimum absolute atomic E-state index is 0.699. The first-order valence-corrected chi connectivity index (χ1v) is 22.2. The summed E-state index contributed by atoms with van der Waals surface area (Å²) in [6.07, 6.45) is 6.15. The molecular formula is C46H57Cl2N5S2. The Labute approximate surface area is 348 Å². The number of piperidine rings is 1. The van der Waals surface area contributed by atoms with E-state index in [1.54, 1.807) is 0 Å². The smallest absolute Gasteiger partial charge is 0.0567 e. The van der Waals surface area contributed by atoms with Crippen LogP contribution in [0.4, 0.5) is 22.7 Å². The number of fused-ring (bicyclic) bond motifs is 6. The van der Waals surface area contributed by atoms with Crippen LogP contribution >= 0.6 is 46.7 Å². The van der Waals surface area contributed by atoms with E-state index in [0.29, 0.717) is 6.04 Å². The molecule has 1 atom stereocenters. The Hall–Kier alpha value is -2.88. The SMILES string of the molecule is CCC.CN(C)C1CCCN(CCCN2c3ccccc3Sc3ccc(Cl)cc32)C1.CN(C)CCCN1c2cc(Cl)ccc2Sc2c1ccc1ccccc21. The average molecular weight is 815 g/mol. The summed E-state index contributed by atoms with van der Waals surface area (Å²) in [6, 6.07) is 35.0. The third-order valence-corrected chi connectivity index (χ3v) is 13.0. The van der Waals surface area contributed by atoms with Crippen molar-refractivity contribution < 1.29 is 0 Å². The summed E-state index contributed by atoms with van der Waals surface area (Å²) in [5.41, 5.74) is 5.06. The molecule has 292 valence electrons. The van der Waals surface area contributed by atoms with Crippen LogP contribution in [0, 0.1) is 0 Å². The molecule has 5 aromatic rings. The van der Waals surface area contributed by atoms with Gasteiger partial charge in [0.05, 0.1) is 22.7 Å². The van der Waals surface area contributed by atoms with Crippen LogP contribution in [0.5, 0.6) is 0 Å². The second-order valence-corrected chi connectivity index (χ2v) is 18.1. The van der Waals surface area contributed by atoms with E-state index in [-0.39, 0.29) is 0 Å². The molecule has 1 saturated heterocycles. The van der Waals surface area contributed by atoms with Crippen molar-refractivity contribution in [1.82, 2.24) is 14.7 Å². The molecule has 3 heterocycles. The number of hydrogen-bond acceptors (Lipinski definition) is 7. The summed E-state index contributed by atoms with van der Waals surface area (Å²) in [5.74, 6) is 0. The average Bonchev–Trinajstić information content (AvgIpc) is 3.18. The van der Waals surface area contributed by atoms with Crippen molar-refractivity contribution >= 4 is 80.2 Å². The summed E-state index contributed by atoms with van der Waals surface area (Å²) >= 11 is 16.3. The molecule has 0 saturated carbocycles. The van der Waals surface area contributed by atoms with Gasteiger partial charge in [0.25, 0.3) is 0 Å². The summed E-state index contributed by atoms with van der Waals surface area (Å²) in [7, 11) is 8.66. The maximum atomic E-state index is 6.32. The molecule has 0 radical (unpaired) electrons. The van der Waals surface area contributed by atoms with Crippen molar-refractivity contribution in [3.05, 3.63) is 107 Å². The lowest BCUT2D eigenvalue weighted by atomic mass is 10.0. The highest BCUT2D eigenvalue weighted by Crippen LogP contribution is 2.52. The molecule has 0 spiro atoms. The van der Waals surface area contributed by atoms with Gasteiger partial charge in [-0.1, -0.05) is 109 Å². The predicted octanol–water partition coefficient (Wildman–Crippen LogP) is 12.8. The molecule has 9 heteroatoms. The van der Waals surface area contributed by atoms with E-state index in [4.69, 9.17) is 23.2 Å². The molecule has 1 unspecified atom stereocenters. The molecule has 0 aliphatic carbocycles. The van der Waals surface area contributed by atoms with Crippen LogP contribution in [-0.4, -0.2) is 88.2 Å². The van der Waals surface area contributed by atoms with Crippen molar-refractivity contribution in [2.75, 3.05) is 77.3 Å². The van der Waals surface area contributed by atoms with Crippen LogP contribution in [0.25, 0.3) is 10.8 Å². The van der Waals surface area contributed by atoms with Gasteiger partial charge in [-0.2, -0.15) is 0 Å². The zero-order valence-electron chi connectivity index (χ0n) is 33.4. The number of likely N-dealkylation sites (tertiary alicyclic amines) is 1. The van der Waals surface area contributed by atoms with Gasteiger partial charge in [0.15, 0.2) is 0 Å². The quantitative estimate of drug-likeness (QED) is 0.145. The maximum absolute atomic E-state index is 6.32. The second-order valence-electron chi connectivity index (χ2n) is 15.1. The third-order valence-electron chi connectivity index (χ3n) is 10.2. The van der Waals surface area contributed by atoms with Crippen molar-refractivity contribution in [3.8, 4) is 0 Å². The van der Waals surface area contributed by atoms with Crippen molar-refractivity contribution in [2.45, 2.75) is 71.6 Å². The molecule has 3 aliphatic rings. The van der Waals surface area contributed by atoms with Crippen molar-refractivity contribution in [2.24, 2.45) is 0 Å². The number of benzene rings is 5. The normalized spacial score (nSPS) is 16.1. The van der Waals surface area contributed by atoms with Gasteiger partial charge in [-0.25, -0.2) is 0 Å². The molecule has 0 N–H and O–H groups in total. The number of anilines is 4. The summed E-state index contributed by atoms with van der Waals surface area (Å²) in [5, 5.41) is 4.22. The van der Waals surface area contributed by atoms with Gasteiger partial charge in [-0.15, -0.1) is 0 Å². The molecule has 0 bridgehead atoms. The fourth-order valence-corrected chi connectivity index (χ4v) is 10.1. The third kappa shape index (κ3) is 10.6. The highest BCUT2D eigenvalue weighted by Gasteiger charge is 2.26. The number of nitrogens with zero attached hydrogens (tertiary/aromatic N) is 5. The van der Waals surface area contributed by atoms with Crippen LogP contribution in [-0.2, 0) is 0 Å². The van der Waals surface area contributed by atoms with Crippen LogP contribution in [0.15, 0.2) is 117 Å². The lowest BCUT2D eigenvalue weighted by Gasteiger charge is -2.37. The standard InChI is InChI=1S/C22H28ClN3S.C21H21ClN2S.C3H8/c1-24(2)18-7-5-12-25(16-18)13-6-14-26-19-8-3-4-9-21(19)27-22-11-10-17(23)15-20(22)26;1-23(2)12-5-13-24-18-10-8-15-6-3-4-7-17(15)21(18)25-20-11-9-16(22)14-19(20)24;1-3-2/h3-4,8-11,15,18H,5-7,12-14,16H2,1-2H3;3-4,6-11,14H,5,12-13H2,1-2H3;3H2,1-2H3. The summed E-state index contributed by atoms with van der Waals surface area (Å²) < 4.78 is 0. The van der Waals surface area contributed by atoms with E-state index >= 15 is 0 Å². The maximum Gasteiger partial charge on any atom is 0.0567 e. The number of hydrogen-bond donors (Lipinski definition) is 0. The highest BCUT2D eigenvalue weighted by molar-refractivity contribution is 8.00. The predicted molar refractivity (Wildman–Crippen MR) is 242 cm³/mol. The fraction of sp³-hybridized carbons (Fsp3) is 0.391. The number of halogens is 2. The van der Waals surface area contributed by atoms with Crippen molar-refractivity contribution in [1.29, 1.82) is 0 Å². The molecule has 0 aromatic heterocycles. The van der Waals surface area contributed by atoms with Gasteiger partial charge in [-0.3, -0.25) is 0 Å². The lowest BCUT2D eigenvalue weighted by Crippen LogP contribution is -2.45. The van der Waals surface area contributed by atoms with Crippen LogP contribution in [0.3, 0.4) is 0 Å². The van der Waals surface area contributed by atoms with Crippen LogP contribution in [0.2, 0.25) is 10.0 Å². The molecule has 3 aliphatic heterocycles. The van der Waals surface area contributed by atoms with E-state index in [1.165, 1.54) is 85.5 Å². The van der Waals surface area contributed by atoms with Gasteiger partial charge in [0, 0.05) is 55.3 Å². The Kier molecular flexibility index (Phi) is 15.2. The summed E-state index contributed by atoms with van der Waals surface area (Å²) in [4.78, 5) is 17.4. The van der Waals surface area contributed by atoms with Crippen LogP contribution < -0.4 is 9.80 Å². The first kappa shape index (κ1) is 41.7. The molecular weight excluding hydrogens is 758 g/mol. The van der Waals surface area contributed by atoms with E-state index < -0.39 is 0 Å². The Bertz CT molecular complexity index is 2020. The number of rotatable bonds is 9. The Morgan fingerprint density at radius 2 is 1.27 bits per heavy atom.